The molecule has 0 spiro atoms. The molecule has 3 nitrogen and oxygen atoms in total. The first-order valence-corrected chi connectivity index (χ1v) is 7.97. The first kappa shape index (κ1) is 12.3. The number of aromatic nitrogens is 1. The number of anilines is 1. The fourth-order valence-corrected chi connectivity index (χ4v) is 4.21. The van der Waals surface area contributed by atoms with Gasteiger partial charge in [0.05, 0.1) is 0 Å². The van der Waals surface area contributed by atoms with Crippen molar-refractivity contribution in [2.45, 2.75) is 19.4 Å². The second-order valence-corrected chi connectivity index (χ2v) is 6.35. The summed E-state index contributed by atoms with van der Waals surface area (Å²) in [5.41, 5.74) is 2.66. The van der Waals surface area contributed by atoms with E-state index in [2.05, 4.69) is 39.5 Å². The predicted octanol–water partition coefficient (Wildman–Crippen LogP) is 2.02. The van der Waals surface area contributed by atoms with Crippen LogP contribution >= 0.6 is 11.8 Å². The smallest absolute Gasteiger partial charge is 0.0427 e. The lowest BCUT2D eigenvalue weighted by atomic mass is 10.1. The van der Waals surface area contributed by atoms with Gasteiger partial charge in [-0.15, -0.1) is 0 Å². The molecular weight excluding hydrogens is 242 g/mol. The summed E-state index contributed by atoms with van der Waals surface area (Å²) in [5, 5.41) is 0. The molecule has 0 N–H and O–H groups in total. The van der Waals surface area contributed by atoms with Crippen LogP contribution in [0.5, 0.6) is 0 Å². The third-order valence-corrected chi connectivity index (χ3v) is 5.21. The van der Waals surface area contributed by atoms with Gasteiger partial charge in [0, 0.05) is 56.1 Å². The summed E-state index contributed by atoms with van der Waals surface area (Å²) >= 11 is 2.11. The van der Waals surface area contributed by atoms with E-state index in [0.29, 0.717) is 0 Å². The monoisotopic (exact) mass is 263 g/mol. The third kappa shape index (κ3) is 2.50. The first-order chi connectivity index (χ1) is 8.84. The minimum Gasteiger partial charge on any atom is -0.369 e. The van der Waals surface area contributed by atoms with Crippen molar-refractivity contribution < 1.29 is 0 Å². The number of piperazine rings is 1. The molecule has 1 aromatic heterocycles. The van der Waals surface area contributed by atoms with Crippen LogP contribution in [0.2, 0.25) is 0 Å². The van der Waals surface area contributed by atoms with Crippen LogP contribution in [0.15, 0.2) is 18.5 Å². The zero-order valence-corrected chi connectivity index (χ0v) is 11.8. The van der Waals surface area contributed by atoms with Crippen molar-refractivity contribution in [1.82, 2.24) is 9.88 Å². The summed E-state index contributed by atoms with van der Waals surface area (Å²) in [6.45, 7) is 6.90. The molecule has 2 saturated heterocycles. The van der Waals surface area contributed by atoms with E-state index >= 15 is 0 Å². The van der Waals surface area contributed by atoms with E-state index in [4.69, 9.17) is 0 Å². The molecule has 0 radical (unpaired) electrons. The van der Waals surface area contributed by atoms with Crippen LogP contribution in [0.4, 0.5) is 5.69 Å². The van der Waals surface area contributed by atoms with Gasteiger partial charge in [-0.3, -0.25) is 9.88 Å². The Balaban J connectivity index is 1.61. The molecule has 2 aliphatic heterocycles. The van der Waals surface area contributed by atoms with Crippen LogP contribution in [0.1, 0.15) is 12.0 Å². The highest BCUT2D eigenvalue weighted by atomic mass is 32.2. The van der Waals surface area contributed by atoms with Crippen molar-refractivity contribution in [3.63, 3.8) is 0 Å². The van der Waals surface area contributed by atoms with Crippen LogP contribution in [0, 0.1) is 6.92 Å². The van der Waals surface area contributed by atoms with Crippen LogP contribution in [0.25, 0.3) is 0 Å². The summed E-state index contributed by atoms with van der Waals surface area (Å²) in [7, 11) is 0. The highest BCUT2D eigenvalue weighted by molar-refractivity contribution is 7.99. The molecule has 0 aromatic carbocycles. The Morgan fingerprint density at radius 3 is 2.78 bits per heavy atom. The normalized spacial score (nSPS) is 25.6. The van der Waals surface area contributed by atoms with Crippen LogP contribution in [-0.4, -0.2) is 53.6 Å². The third-order valence-electron chi connectivity index (χ3n) is 4.07. The summed E-state index contributed by atoms with van der Waals surface area (Å²) in [5.74, 6) is 2.70. The Labute approximate surface area is 114 Å². The number of pyridine rings is 1. The number of hydrogen-bond acceptors (Lipinski definition) is 4. The lowest BCUT2D eigenvalue weighted by molar-refractivity contribution is 0.201. The average molecular weight is 263 g/mol. The lowest BCUT2D eigenvalue weighted by Gasteiger charge is -2.39. The number of thioether (sulfide) groups is 1. The van der Waals surface area contributed by atoms with E-state index in [9.17, 15) is 0 Å². The van der Waals surface area contributed by atoms with Crippen molar-refractivity contribution in [2.75, 3.05) is 42.6 Å². The predicted molar refractivity (Wildman–Crippen MR) is 78.5 cm³/mol. The summed E-state index contributed by atoms with van der Waals surface area (Å²) < 4.78 is 0. The standard InChI is InChI=1S/C14H21N3S/c1-12-10-15-4-2-14(12)17-7-5-16(6-8-17)13-3-9-18-11-13/h2,4,10,13H,3,5-9,11H2,1H3. The van der Waals surface area contributed by atoms with Gasteiger partial charge in [0.15, 0.2) is 0 Å². The SMILES string of the molecule is Cc1cnccc1N1CCN(C2CCSC2)CC1. The molecule has 0 bridgehead atoms. The topological polar surface area (TPSA) is 19.4 Å². The Bertz CT molecular complexity index is 396. The van der Waals surface area contributed by atoms with Gasteiger partial charge < -0.3 is 4.90 Å². The van der Waals surface area contributed by atoms with E-state index < -0.39 is 0 Å². The van der Waals surface area contributed by atoms with Crippen LogP contribution in [-0.2, 0) is 0 Å². The van der Waals surface area contributed by atoms with Crippen molar-refractivity contribution in [3.8, 4) is 0 Å². The van der Waals surface area contributed by atoms with Gasteiger partial charge in [-0.05, 0) is 30.7 Å². The van der Waals surface area contributed by atoms with Gasteiger partial charge in [0.1, 0.15) is 0 Å². The quantitative estimate of drug-likeness (QED) is 0.812. The number of rotatable bonds is 2. The molecule has 3 heterocycles. The number of nitrogens with zero attached hydrogens (tertiary/aromatic N) is 3. The maximum absolute atomic E-state index is 4.18. The fraction of sp³-hybridized carbons (Fsp3) is 0.643. The number of aryl methyl sites for hydroxylation is 1. The molecule has 1 atom stereocenters. The maximum Gasteiger partial charge on any atom is 0.0427 e. The zero-order valence-electron chi connectivity index (χ0n) is 11.0. The Hall–Kier alpha value is -0.740. The Morgan fingerprint density at radius 2 is 2.11 bits per heavy atom. The molecule has 1 aromatic rings. The minimum absolute atomic E-state index is 0.843. The fourth-order valence-electron chi connectivity index (χ4n) is 2.96. The molecular formula is C14H21N3S. The summed E-state index contributed by atoms with van der Waals surface area (Å²) in [6.07, 6.45) is 5.26. The lowest BCUT2D eigenvalue weighted by Crippen LogP contribution is -2.50. The molecule has 0 aliphatic carbocycles. The van der Waals surface area contributed by atoms with Crippen molar-refractivity contribution >= 4 is 17.4 Å². The van der Waals surface area contributed by atoms with E-state index in [-0.39, 0.29) is 0 Å². The van der Waals surface area contributed by atoms with Gasteiger partial charge in [-0.1, -0.05) is 0 Å². The van der Waals surface area contributed by atoms with E-state index in [0.717, 1.165) is 19.1 Å². The molecule has 2 fully saturated rings. The molecule has 98 valence electrons. The van der Waals surface area contributed by atoms with Gasteiger partial charge in [-0.2, -0.15) is 11.8 Å². The molecule has 18 heavy (non-hydrogen) atoms. The Kier molecular flexibility index (Phi) is 3.75. The van der Waals surface area contributed by atoms with E-state index in [1.807, 2.05) is 12.4 Å². The van der Waals surface area contributed by atoms with Crippen molar-refractivity contribution in [1.29, 1.82) is 0 Å². The summed E-state index contributed by atoms with van der Waals surface area (Å²) in [4.78, 5) is 9.37. The first-order valence-electron chi connectivity index (χ1n) is 6.82. The van der Waals surface area contributed by atoms with Gasteiger partial charge in [0.2, 0.25) is 0 Å². The average Bonchev–Trinajstić information content (AvgIpc) is 2.94. The molecule has 4 heteroatoms. The number of hydrogen-bond donors (Lipinski definition) is 0. The second kappa shape index (κ2) is 5.49. The van der Waals surface area contributed by atoms with Crippen molar-refractivity contribution in [3.05, 3.63) is 24.0 Å². The van der Waals surface area contributed by atoms with Crippen LogP contribution < -0.4 is 4.90 Å². The summed E-state index contributed by atoms with van der Waals surface area (Å²) in [6, 6.07) is 2.99. The van der Waals surface area contributed by atoms with Gasteiger partial charge in [-0.25, -0.2) is 0 Å². The van der Waals surface area contributed by atoms with Gasteiger partial charge >= 0.3 is 0 Å². The zero-order chi connectivity index (χ0) is 12.4. The van der Waals surface area contributed by atoms with Crippen LogP contribution in [0.3, 0.4) is 0 Å². The van der Waals surface area contributed by atoms with Crippen molar-refractivity contribution in [2.24, 2.45) is 0 Å². The van der Waals surface area contributed by atoms with E-state index in [1.54, 1.807) is 0 Å². The highest BCUT2D eigenvalue weighted by Crippen LogP contribution is 2.25. The molecule has 1 unspecified atom stereocenters. The molecule has 0 amide bonds. The highest BCUT2D eigenvalue weighted by Gasteiger charge is 2.26. The van der Waals surface area contributed by atoms with E-state index in [1.165, 1.54) is 42.3 Å². The van der Waals surface area contributed by atoms with Gasteiger partial charge in [0.25, 0.3) is 0 Å². The second-order valence-electron chi connectivity index (χ2n) is 5.20. The Morgan fingerprint density at radius 1 is 1.28 bits per heavy atom. The maximum atomic E-state index is 4.18. The molecule has 2 aliphatic rings. The molecule has 3 rings (SSSR count). The minimum atomic E-state index is 0.843. The molecule has 0 saturated carbocycles. The largest absolute Gasteiger partial charge is 0.369 e.